The molecular weight excluding hydrogens is 214 g/mol. The van der Waals surface area contributed by atoms with E-state index in [0.29, 0.717) is 5.69 Å². The van der Waals surface area contributed by atoms with Crippen molar-refractivity contribution in [1.29, 1.82) is 0 Å². The smallest absolute Gasteiger partial charge is 0.147 e. The minimum Gasteiger partial charge on any atom is -0.505 e. The summed E-state index contributed by atoms with van der Waals surface area (Å²) in [5, 5.41) is 14.9. The van der Waals surface area contributed by atoms with Crippen LogP contribution in [0, 0.1) is 6.92 Å². The first-order valence-electron chi connectivity index (χ1n) is 5.35. The molecule has 0 saturated carbocycles. The second-order valence-corrected chi connectivity index (χ2v) is 3.88. The van der Waals surface area contributed by atoms with Gasteiger partial charge in [0.2, 0.25) is 0 Å². The predicted octanol–water partition coefficient (Wildman–Crippen LogP) is 2.43. The maximum Gasteiger partial charge on any atom is 0.147 e. The number of aromatic nitrogens is 3. The number of fused-ring (bicyclic) bond motifs is 1. The summed E-state index contributed by atoms with van der Waals surface area (Å²) in [4.78, 5) is 4.15. The molecule has 0 radical (unpaired) electrons. The number of hydrogen-bond donors (Lipinski definition) is 1. The van der Waals surface area contributed by atoms with Crippen molar-refractivity contribution < 1.29 is 5.11 Å². The molecule has 2 aromatic heterocycles. The van der Waals surface area contributed by atoms with Gasteiger partial charge in [0.1, 0.15) is 5.75 Å². The number of aromatic hydroxyl groups is 1. The highest BCUT2D eigenvalue weighted by atomic mass is 16.3. The van der Waals surface area contributed by atoms with Gasteiger partial charge in [-0.2, -0.15) is 5.10 Å². The zero-order valence-electron chi connectivity index (χ0n) is 9.33. The lowest BCUT2D eigenvalue weighted by Gasteiger charge is -2.03. The highest BCUT2D eigenvalue weighted by Gasteiger charge is 2.10. The van der Waals surface area contributed by atoms with Gasteiger partial charge in [0.05, 0.1) is 34.7 Å². The van der Waals surface area contributed by atoms with Gasteiger partial charge in [-0.25, -0.2) is 4.68 Å². The molecule has 1 aromatic carbocycles. The third-order valence-corrected chi connectivity index (χ3v) is 2.79. The monoisotopic (exact) mass is 225 g/mol. The van der Waals surface area contributed by atoms with Crippen LogP contribution in [-0.4, -0.2) is 19.9 Å². The molecule has 4 nitrogen and oxygen atoms in total. The van der Waals surface area contributed by atoms with E-state index in [1.54, 1.807) is 24.0 Å². The largest absolute Gasteiger partial charge is 0.505 e. The third-order valence-electron chi connectivity index (χ3n) is 2.79. The van der Waals surface area contributed by atoms with Crippen molar-refractivity contribution in [2.24, 2.45) is 0 Å². The number of pyridine rings is 1. The second-order valence-electron chi connectivity index (χ2n) is 3.88. The molecular formula is C13H11N3O. The lowest BCUT2D eigenvalue weighted by molar-refractivity contribution is 0.474. The molecule has 84 valence electrons. The molecule has 1 N–H and O–H groups in total. The summed E-state index contributed by atoms with van der Waals surface area (Å²) in [7, 11) is 0. The Hall–Kier alpha value is -2.36. The summed E-state index contributed by atoms with van der Waals surface area (Å²) in [6.45, 7) is 1.77. The summed E-state index contributed by atoms with van der Waals surface area (Å²) in [5.41, 5.74) is 2.37. The summed E-state index contributed by atoms with van der Waals surface area (Å²) >= 11 is 0. The average Bonchev–Trinajstić information content (AvgIpc) is 2.79. The molecule has 0 aliphatic rings. The third kappa shape index (κ3) is 1.45. The molecule has 0 saturated heterocycles. The topological polar surface area (TPSA) is 50.9 Å². The molecule has 0 atom stereocenters. The van der Waals surface area contributed by atoms with Crippen LogP contribution in [0.3, 0.4) is 0 Å². The van der Waals surface area contributed by atoms with Crippen molar-refractivity contribution in [3.05, 3.63) is 48.4 Å². The van der Waals surface area contributed by atoms with E-state index in [0.717, 1.165) is 16.6 Å². The number of nitrogens with zero attached hydrogens (tertiary/aromatic N) is 3. The van der Waals surface area contributed by atoms with Crippen molar-refractivity contribution in [1.82, 2.24) is 14.8 Å². The summed E-state index contributed by atoms with van der Waals surface area (Å²) < 4.78 is 1.77. The average molecular weight is 225 g/mol. The van der Waals surface area contributed by atoms with Gasteiger partial charge in [0, 0.05) is 0 Å². The van der Waals surface area contributed by atoms with Crippen molar-refractivity contribution in [3.63, 3.8) is 0 Å². The maximum absolute atomic E-state index is 9.90. The fourth-order valence-electron chi connectivity index (χ4n) is 1.85. The SMILES string of the molecule is Cc1ncc2c(cnn2-c2ccccc2)c1O. The molecule has 0 spiro atoms. The van der Waals surface area contributed by atoms with Gasteiger partial charge in [0.25, 0.3) is 0 Å². The maximum atomic E-state index is 9.90. The van der Waals surface area contributed by atoms with Crippen LogP contribution in [0.15, 0.2) is 42.7 Å². The zero-order chi connectivity index (χ0) is 11.8. The van der Waals surface area contributed by atoms with Crippen LogP contribution in [0.1, 0.15) is 5.69 Å². The lowest BCUT2D eigenvalue weighted by Crippen LogP contribution is -1.95. The Bertz CT molecular complexity index is 674. The van der Waals surface area contributed by atoms with Gasteiger partial charge in [-0.15, -0.1) is 0 Å². The quantitative estimate of drug-likeness (QED) is 0.692. The van der Waals surface area contributed by atoms with E-state index < -0.39 is 0 Å². The van der Waals surface area contributed by atoms with Crippen LogP contribution in [0.5, 0.6) is 5.75 Å². The molecule has 0 unspecified atom stereocenters. The van der Waals surface area contributed by atoms with E-state index in [1.165, 1.54) is 0 Å². The van der Waals surface area contributed by atoms with Crippen LogP contribution in [0.2, 0.25) is 0 Å². The Morgan fingerprint density at radius 2 is 1.88 bits per heavy atom. The Labute approximate surface area is 98.2 Å². The van der Waals surface area contributed by atoms with E-state index in [9.17, 15) is 5.11 Å². The van der Waals surface area contributed by atoms with Gasteiger partial charge < -0.3 is 5.11 Å². The normalized spacial score (nSPS) is 10.9. The van der Waals surface area contributed by atoms with Gasteiger partial charge in [-0.05, 0) is 19.1 Å². The number of aryl methyl sites for hydroxylation is 1. The molecule has 0 aliphatic heterocycles. The first kappa shape index (κ1) is 9.84. The molecule has 17 heavy (non-hydrogen) atoms. The Morgan fingerprint density at radius 3 is 2.65 bits per heavy atom. The van der Waals surface area contributed by atoms with Crippen LogP contribution < -0.4 is 0 Å². The number of benzene rings is 1. The van der Waals surface area contributed by atoms with Crippen molar-refractivity contribution in [2.75, 3.05) is 0 Å². The molecule has 0 amide bonds. The highest BCUT2D eigenvalue weighted by Crippen LogP contribution is 2.27. The van der Waals surface area contributed by atoms with Crippen LogP contribution >= 0.6 is 0 Å². The standard InChI is InChI=1S/C13H11N3O/c1-9-13(17)11-7-15-16(12(11)8-14-9)10-5-3-2-4-6-10/h2-8,17H,1H3. The highest BCUT2D eigenvalue weighted by molar-refractivity contribution is 5.86. The fraction of sp³-hybridized carbons (Fsp3) is 0.0769. The zero-order valence-corrected chi connectivity index (χ0v) is 9.33. The summed E-state index contributed by atoms with van der Waals surface area (Å²) in [5.74, 6) is 0.199. The number of rotatable bonds is 1. The van der Waals surface area contributed by atoms with Gasteiger partial charge in [-0.1, -0.05) is 18.2 Å². The van der Waals surface area contributed by atoms with Gasteiger partial charge >= 0.3 is 0 Å². The Morgan fingerprint density at radius 1 is 1.12 bits per heavy atom. The van der Waals surface area contributed by atoms with Crippen molar-refractivity contribution in [3.8, 4) is 11.4 Å². The van der Waals surface area contributed by atoms with Crippen molar-refractivity contribution >= 4 is 10.9 Å². The first-order chi connectivity index (χ1) is 8.27. The van der Waals surface area contributed by atoms with Gasteiger partial charge in [-0.3, -0.25) is 4.98 Å². The Kier molecular flexibility index (Phi) is 2.08. The van der Waals surface area contributed by atoms with E-state index in [2.05, 4.69) is 10.1 Å². The molecule has 2 heterocycles. The van der Waals surface area contributed by atoms with Crippen LogP contribution in [0.4, 0.5) is 0 Å². The lowest BCUT2D eigenvalue weighted by atomic mass is 10.2. The predicted molar refractivity (Wildman–Crippen MR) is 65.3 cm³/mol. The van der Waals surface area contributed by atoms with Crippen molar-refractivity contribution in [2.45, 2.75) is 6.92 Å². The van der Waals surface area contributed by atoms with Crippen LogP contribution in [0.25, 0.3) is 16.6 Å². The molecule has 0 bridgehead atoms. The molecule has 0 fully saturated rings. The second kappa shape index (κ2) is 3.59. The fourth-order valence-corrected chi connectivity index (χ4v) is 1.85. The van der Waals surface area contributed by atoms with E-state index in [-0.39, 0.29) is 5.75 Å². The van der Waals surface area contributed by atoms with E-state index >= 15 is 0 Å². The van der Waals surface area contributed by atoms with Gasteiger partial charge in [0.15, 0.2) is 0 Å². The molecule has 3 rings (SSSR count). The first-order valence-corrected chi connectivity index (χ1v) is 5.35. The summed E-state index contributed by atoms with van der Waals surface area (Å²) in [6, 6.07) is 9.77. The van der Waals surface area contributed by atoms with Crippen LogP contribution in [-0.2, 0) is 0 Å². The minimum absolute atomic E-state index is 0.199. The number of hydrogen-bond acceptors (Lipinski definition) is 3. The minimum atomic E-state index is 0.199. The molecule has 3 aromatic rings. The molecule has 4 heteroatoms. The van der Waals surface area contributed by atoms with E-state index in [1.807, 2.05) is 30.3 Å². The molecule has 0 aliphatic carbocycles. The Balaban J connectivity index is 2.30. The summed E-state index contributed by atoms with van der Waals surface area (Å²) in [6.07, 6.45) is 3.39. The number of para-hydroxylation sites is 1. The van der Waals surface area contributed by atoms with E-state index in [4.69, 9.17) is 0 Å².